The highest BCUT2D eigenvalue weighted by Gasteiger charge is 2.22. The lowest BCUT2D eigenvalue weighted by Gasteiger charge is -2.26. The van der Waals surface area contributed by atoms with Crippen LogP contribution in [0.2, 0.25) is 0 Å². The first-order valence-electron chi connectivity index (χ1n) is 8.19. The van der Waals surface area contributed by atoms with Gasteiger partial charge in [-0.3, -0.25) is 9.59 Å². The Bertz CT molecular complexity index is 492. The van der Waals surface area contributed by atoms with Gasteiger partial charge in [0.2, 0.25) is 11.8 Å². The summed E-state index contributed by atoms with van der Waals surface area (Å²) >= 11 is 0. The van der Waals surface area contributed by atoms with E-state index in [-0.39, 0.29) is 23.8 Å². The fourth-order valence-electron chi connectivity index (χ4n) is 2.74. The number of hydrogen-bond acceptors (Lipinski definition) is 4. The van der Waals surface area contributed by atoms with Crippen LogP contribution in [-0.4, -0.2) is 35.0 Å². The molecule has 0 spiro atoms. The summed E-state index contributed by atoms with van der Waals surface area (Å²) in [7, 11) is 0. The Kier molecular flexibility index (Phi) is 7.26. The summed E-state index contributed by atoms with van der Waals surface area (Å²) in [6.07, 6.45) is 3.65. The third-order valence-corrected chi connectivity index (χ3v) is 3.37. The first kappa shape index (κ1) is 19.2. The zero-order valence-corrected chi connectivity index (χ0v) is 14.9. The SMILES string of the molecule is CCCN(CC(=O)Nc1ccon1)C(=O)C[C@@H](C)CC(C)(C)C. The predicted molar refractivity (Wildman–Crippen MR) is 89.9 cm³/mol. The minimum absolute atomic E-state index is 0.0268. The maximum Gasteiger partial charge on any atom is 0.245 e. The third kappa shape index (κ3) is 7.81. The summed E-state index contributed by atoms with van der Waals surface area (Å²) in [5.41, 5.74) is 0.194. The summed E-state index contributed by atoms with van der Waals surface area (Å²) in [6, 6.07) is 1.56. The van der Waals surface area contributed by atoms with Gasteiger partial charge in [0.15, 0.2) is 5.82 Å². The van der Waals surface area contributed by atoms with E-state index in [9.17, 15) is 9.59 Å². The van der Waals surface area contributed by atoms with Gasteiger partial charge >= 0.3 is 0 Å². The van der Waals surface area contributed by atoms with Gasteiger partial charge in [-0.25, -0.2) is 0 Å². The van der Waals surface area contributed by atoms with Crippen LogP contribution in [0, 0.1) is 11.3 Å². The molecule has 0 aliphatic heterocycles. The number of rotatable bonds is 8. The minimum atomic E-state index is -0.260. The third-order valence-electron chi connectivity index (χ3n) is 3.37. The Labute approximate surface area is 138 Å². The number of anilines is 1. The van der Waals surface area contributed by atoms with Crippen LogP contribution in [0.4, 0.5) is 5.82 Å². The van der Waals surface area contributed by atoms with Gasteiger partial charge in [-0.2, -0.15) is 0 Å². The number of nitrogens with zero attached hydrogens (tertiary/aromatic N) is 2. The normalized spacial score (nSPS) is 12.7. The van der Waals surface area contributed by atoms with Crippen molar-refractivity contribution >= 4 is 17.6 Å². The fraction of sp³-hybridized carbons (Fsp3) is 0.706. The molecule has 0 aromatic carbocycles. The van der Waals surface area contributed by atoms with E-state index in [4.69, 9.17) is 0 Å². The van der Waals surface area contributed by atoms with Crippen LogP contribution >= 0.6 is 0 Å². The van der Waals surface area contributed by atoms with Gasteiger partial charge in [0.1, 0.15) is 6.26 Å². The Hall–Kier alpha value is -1.85. The van der Waals surface area contributed by atoms with Gasteiger partial charge in [-0.1, -0.05) is 39.8 Å². The van der Waals surface area contributed by atoms with E-state index in [1.807, 2.05) is 6.92 Å². The van der Waals surface area contributed by atoms with Crippen LogP contribution in [0.3, 0.4) is 0 Å². The van der Waals surface area contributed by atoms with Gasteiger partial charge in [0.25, 0.3) is 0 Å². The Balaban J connectivity index is 2.55. The molecule has 0 unspecified atom stereocenters. The van der Waals surface area contributed by atoms with Gasteiger partial charge < -0.3 is 14.7 Å². The lowest BCUT2D eigenvalue weighted by molar-refractivity contribution is -0.135. The van der Waals surface area contributed by atoms with E-state index in [0.717, 1.165) is 12.8 Å². The number of carbonyl (C=O) groups excluding carboxylic acids is 2. The fourth-order valence-corrected chi connectivity index (χ4v) is 2.74. The molecule has 23 heavy (non-hydrogen) atoms. The summed E-state index contributed by atoms with van der Waals surface area (Å²) in [4.78, 5) is 26.1. The van der Waals surface area contributed by atoms with Crippen molar-refractivity contribution in [2.45, 2.75) is 53.9 Å². The molecular formula is C17H29N3O3. The molecule has 1 atom stereocenters. The zero-order valence-electron chi connectivity index (χ0n) is 14.9. The Morgan fingerprint density at radius 3 is 2.61 bits per heavy atom. The molecule has 0 radical (unpaired) electrons. The average Bonchev–Trinajstić information content (AvgIpc) is 2.88. The van der Waals surface area contributed by atoms with Crippen LogP contribution < -0.4 is 5.32 Å². The number of carbonyl (C=O) groups is 2. The summed E-state index contributed by atoms with van der Waals surface area (Å²) < 4.78 is 4.67. The molecule has 0 saturated heterocycles. The van der Waals surface area contributed by atoms with Gasteiger partial charge in [-0.15, -0.1) is 0 Å². The molecule has 0 bridgehead atoms. The van der Waals surface area contributed by atoms with Crippen LogP contribution in [0.5, 0.6) is 0 Å². The van der Waals surface area contributed by atoms with Crippen LogP contribution in [0.15, 0.2) is 16.9 Å². The van der Waals surface area contributed by atoms with Crippen molar-refractivity contribution in [3.8, 4) is 0 Å². The maximum absolute atomic E-state index is 12.5. The van der Waals surface area contributed by atoms with E-state index in [0.29, 0.717) is 24.7 Å². The van der Waals surface area contributed by atoms with E-state index in [2.05, 4.69) is 42.7 Å². The highest BCUT2D eigenvalue weighted by atomic mass is 16.5. The molecule has 1 N–H and O–H groups in total. The zero-order chi connectivity index (χ0) is 17.5. The summed E-state index contributed by atoms with van der Waals surface area (Å²) in [5.74, 6) is 0.420. The van der Waals surface area contributed by atoms with Crippen molar-refractivity contribution < 1.29 is 14.1 Å². The van der Waals surface area contributed by atoms with Crippen molar-refractivity contribution in [3.05, 3.63) is 12.3 Å². The summed E-state index contributed by atoms with van der Waals surface area (Å²) in [5, 5.41) is 6.25. The number of amides is 2. The quantitative estimate of drug-likeness (QED) is 0.796. The van der Waals surface area contributed by atoms with Crippen molar-refractivity contribution in [1.29, 1.82) is 0 Å². The second-order valence-corrected chi connectivity index (χ2v) is 7.32. The van der Waals surface area contributed by atoms with Gasteiger partial charge in [0, 0.05) is 19.0 Å². The van der Waals surface area contributed by atoms with Gasteiger partial charge in [-0.05, 0) is 24.2 Å². The first-order valence-corrected chi connectivity index (χ1v) is 8.19. The smallest absolute Gasteiger partial charge is 0.245 e. The molecule has 1 aromatic heterocycles. The molecule has 6 heteroatoms. The van der Waals surface area contributed by atoms with Crippen molar-refractivity contribution in [1.82, 2.24) is 10.1 Å². The molecule has 0 fully saturated rings. The predicted octanol–water partition coefficient (Wildman–Crippen LogP) is 3.31. The van der Waals surface area contributed by atoms with E-state index >= 15 is 0 Å². The number of aromatic nitrogens is 1. The summed E-state index contributed by atoms with van der Waals surface area (Å²) in [6.45, 7) is 11.2. The van der Waals surface area contributed by atoms with Crippen molar-refractivity contribution in [3.63, 3.8) is 0 Å². The number of hydrogen-bond donors (Lipinski definition) is 1. The van der Waals surface area contributed by atoms with Crippen molar-refractivity contribution in [2.24, 2.45) is 11.3 Å². The standard InChI is InChI=1S/C17H29N3O3/c1-6-8-20(12-15(21)18-14-7-9-23-19-14)16(22)10-13(2)11-17(3,4)5/h7,9,13H,6,8,10-12H2,1-5H3,(H,18,19,21)/t13-/m1/s1. The highest BCUT2D eigenvalue weighted by molar-refractivity contribution is 5.93. The average molecular weight is 323 g/mol. The topological polar surface area (TPSA) is 75.4 Å². The molecule has 0 aliphatic rings. The first-order chi connectivity index (χ1) is 10.7. The lowest BCUT2D eigenvalue weighted by Crippen LogP contribution is -2.39. The molecule has 6 nitrogen and oxygen atoms in total. The van der Waals surface area contributed by atoms with E-state index < -0.39 is 0 Å². The van der Waals surface area contributed by atoms with Crippen LogP contribution in [-0.2, 0) is 9.59 Å². The van der Waals surface area contributed by atoms with E-state index in [1.165, 1.54) is 6.26 Å². The minimum Gasteiger partial charge on any atom is -0.363 e. The highest BCUT2D eigenvalue weighted by Crippen LogP contribution is 2.26. The Morgan fingerprint density at radius 1 is 1.39 bits per heavy atom. The second-order valence-electron chi connectivity index (χ2n) is 7.32. The molecule has 2 amide bonds. The molecule has 130 valence electrons. The number of nitrogens with one attached hydrogen (secondary N) is 1. The molecule has 1 heterocycles. The van der Waals surface area contributed by atoms with E-state index in [1.54, 1.807) is 11.0 Å². The monoisotopic (exact) mass is 323 g/mol. The maximum atomic E-state index is 12.5. The molecule has 0 aliphatic carbocycles. The van der Waals surface area contributed by atoms with Gasteiger partial charge in [0.05, 0.1) is 6.54 Å². The Morgan fingerprint density at radius 2 is 2.09 bits per heavy atom. The molecule has 1 rings (SSSR count). The molecule has 1 aromatic rings. The van der Waals surface area contributed by atoms with Crippen molar-refractivity contribution in [2.75, 3.05) is 18.4 Å². The van der Waals surface area contributed by atoms with Crippen LogP contribution in [0.1, 0.15) is 53.9 Å². The molecular weight excluding hydrogens is 294 g/mol. The molecule has 0 saturated carbocycles. The van der Waals surface area contributed by atoms with Crippen LogP contribution in [0.25, 0.3) is 0 Å². The lowest BCUT2D eigenvalue weighted by atomic mass is 9.84. The second kappa shape index (κ2) is 8.70. The largest absolute Gasteiger partial charge is 0.363 e.